The van der Waals surface area contributed by atoms with Gasteiger partial charge < -0.3 is 9.64 Å². The summed E-state index contributed by atoms with van der Waals surface area (Å²) >= 11 is 1.36. The number of ether oxygens (including phenoxy) is 1. The van der Waals surface area contributed by atoms with Crippen LogP contribution in [-0.2, 0) is 20.9 Å². The second kappa shape index (κ2) is 8.20. The Bertz CT molecular complexity index is 684. The molecule has 1 atom stereocenters. The molecule has 0 saturated carbocycles. The van der Waals surface area contributed by atoms with Gasteiger partial charge in [0.1, 0.15) is 11.6 Å². The first-order chi connectivity index (χ1) is 13.2. The highest BCUT2D eigenvalue weighted by Crippen LogP contribution is 2.30. The summed E-state index contributed by atoms with van der Waals surface area (Å²) in [5, 5.41) is 9.51. The fourth-order valence-electron chi connectivity index (χ4n) is 4.07. The predicted octanol–water partition coefficient (Wildman–Crippen LogP) is 1.12. The molecule has 2 amide bonds. The molecule has 3 fully saturated rings. The van der Waals surface area contributed by atoms with E-state index in [0.29, 0.717) is 30.9 Å². The number of carbonyl (C=O) groups is 2. The monoisotopic (exact) mass is 393 g/mol. The quantitative estimate of drug-likeness (QED) is 0.721. The molecule has 3 aliphatic rings. The van der Waals surface area contributed by atoms with E-state index in [0.717, 1.165) is 31.2 Å². The summed E-state index contributed by atoms with van der Waals surface area (Å²) in [4.78, 5) is 31.3. The molecule has 27 heavy (non-hydrogen) atoms. The minimum Gasteiger partial charge on any atom is -0.374 e. The standard InChI is InChI=1S/C18H27N5O3S/c1-2-26-12-15-19-20-18(27-15)23-9-13(8-16(23)24)17(25)22-10-14(11-22)21-6-4-3-5-7-21/h13-14H,2-12H2,1H3. The van der Waals surface area contributed by atoms with E-state index < -0.39 is 0 Å². The van der Waals surface area contributed by atoms with Crippen molar-refractivity contribution >= 4 is 28.3 Å². The Kier molecular flexibility index (Phi) is 5.70. The molecule has 3 aliphatic heterocycles. The van der Waals surface area contributed by atoms with Gasteiger partial charge in [-0.2, -0.15) is 0 Å². The lowest BCUT2D eigenvalue weighted by Gasteiger charge is -2.47. The number of carbonyl (C=O) groups excluding carboxylic acids is 2. The summed E-state index contributed by atoms with van der Waals surface area (Å²) < 4.78 is 5.34. The number of rotatable bonds is 6. The van der Waals surface area contributed by atoms with Gasteiger partial charge in [0.15, 0.2) is 0 Å². The average Bonchev–Trinajstić information content (AvgIpc) is 3.26. The van der Waals surface area contributed by atoms with Crippen molar-refractivity contribution in [3.8, 4) is 0 Å². The first-order valence-electron chi connectivity index (χ1n) is 9.89. The molecule has 0 N–H and O–H groups in total. The minimum absolute atomic E-state index is 0.0411. The van der Waals surface area contributed by atoms with E-state index >= 15 is 0 Å². The van der Waals surface area contributed by atoms with E-state index in [1.807, 2.05) is 11.8 Å². The van der Waals surface area contributed by atoms with Gasteiger partial charge in [0, 0.05) is 38.7 Å². The Morgan fingerprint density at radius 3 is 2.70 bits per heavy atom. The van der Waals surface area contributed by atoms with Crippen LogP contribution >= 0.6 is 11.3 Å². The highest BCUT2D eigenvalue weighted by Gasteiger charge is 2.43. The molecule has 0 aliphatic carbocycles. The van der Waals surface area contributed by atoms with Gasteiger partial charge in [0.25, 0.3) is 0 Å². The Morgan fingerprint density at radius 1 is 1.19 bits per heavy atom. The first-order valence-corrected chi connectivity index (χ1v) is 10.7. The Morgan fingerprint density at radius 2 is 1.96 bits per heavy atom. The van der Waals surface area contributed by atoms with E-state index in [4.69, 9.17) is 4.74 Å². The van der Waals surface area contributed by atoms with Gasteiger partial charge in [0.05, 0.1) is 5.92 Å². The third-order valence-electron chi connectivity index (χ3n) is 5.67. The lowest BCUT2D eigenvalue weighted by molar-refractivity contribution is -0.143. The van der Waals surface area contributed by atoms with Crippen LogP contribution < -0.4 is 4.90 Å². The maximum atomic E-state index is 12.8. The van der Waals surface area contributed by atoms with Crippen molar-refractivity contribution < 1.29 is 14.3 Å². The lowest BCUT2D eigenvalue weighted by atomic mass is 9.99. The minimum atomic E-state index is -0.265. The van der Waals surface area contributed by atoms with Gasteiger partial charge in [-0.3, -0.25) is 19.4 Å². The molecule has 0 radical (unpaired) electrons. The maximum Gasteiger partial charge on any atom is 0.229 e. The molecule has 4 rings (SSSR count). The number of amides is 2. The zero-order valence-electron chi connectivity index (χ0n) is 15.8. The molecule has 1 aromatic heterocycles. The second-order valence-electron chi connectivity index (χ2n) is 7.51. The molecular weight excluding hydrogens is 366 g/mol. The number of hydrogen-bond acceptors (Lipinski definition) is 7. The molecule has 1 unspecified atom stereocenters. The highest BCUT2D eigenvalue weighted by molar-refractivity contribution is 7.15. The van der Waals surface area contributed by atoms with Crippen LogP contribution in [0.2, 0.25) is 0 Å². The van der Waals surface area contributed by atoms with Crippen LogP contribution in [0.1, 0.15) is 37.6 Å². The van der Waals surface area contributed by atoms with Crippen molar-refractivity contribution in [2.75, 3.05) is 44.2 Å². The molecule has 1 aromatic rings. The van der Waals surface area contributed by atoms with Crippen LogP contribution in [0.4, 0.5) is 5.13 Å². The summed E-state index contributed by atoms with van der Waals surface area (Å²) in [6, 6.07) is 0.506. The van der Waals surface area contributed by atoms with Crippen LogP contribution in [0.5, 0.6) is 0 Å². The predicted molar refractivity (Wildman–Crippen MR) is 101 cm³/mol. The van der Waals surface area contributed by atoms with Gasteiger partial charge in [-0.25, -0.2) is 0 Å². The van der Waals surface area contributed by atoms with E-state index in [-0.39, 0.29) is 24.2 Å². The summed E-state index contributed by atoms with van der Waals surface area (Å²) in [6.45, 7) is 7.28. The van der Waals surface area contributed by atoms with Crippen molar-refractivity contribution in [3.05, 3.63) is 5.01 Å². The molecular formula is C18H27N5O3S. The smallest absolute Gasteiger partial charge is 0.229 e. The van der Waals surface area contributed by atoms with Crippen molar-refractivity contribution in [3.63, 3.8) is 0 Å². The topological polar surface area (TPSA) is 78.9 Å². The third-order valence-corrected chi connectivity index (χ3v) is 6.59. The number of likely N-dealkylation sites (tertiary alicyclic amines) is 2. The van der Waals surface area contributed by atoms with Crippen molar-refractivity contribution in [1.82, 2.24) is 20.0 Å². The molecule has 3 saturated heterocycles. The normalized spacial score (nSPS) is 24.5. The molecule has 148 valence electrons. The van der Waals surface area contributed by atoms with Crippen LogP contribution in [0.25, 0.3) is 0 Å². The largest absolute Gasteiger partial charge is 0.374 e. The number of nitrogens with zero attached hydrogens (tertiary/aromatic N) is 5. The van der Waals surface area contributed by atoms with Crippen molar-refractivity contribution in [2.45, 2.75) is 45.3 Å². The Hall–Kier alpha value is -1.58. The summed E-state index contributed by atoms with van der Waals surface area (Å²) in [7, 11) is 0. The number of anilines is 1. The van der Waals surface area contributed by atoms with Crippen LogP contribution in [0, 0.1) is 5.92 Å². The van der Waals surface area contributed by atoms with E-state index in [9.17, 15) is 9.59 Å². The highest BCUT2D eigenvalue weighted by atomic mass is 32.1. The van der Waals surface area contributed by atoms with Crippen LogP contribution in [0.3, 0.4) is 0 Å². The SMILES string of the molecule is CCOCc1nnc(N2CC(C(=O)N3CC(N4CCCCC4)C3)CC2=O)s1. The molecule has 0 spiro atoms. The summed E-state index contributed by atoms with van der Waals surface area (Å²) in [5.74, 6) is -0.197. The third kappa shape index (κ3) is 4.00. The fourth-order valence-corrected chi connectivity index (χ4v) is 4.87. The fraction of sp³-hybridized carbons (Fsp3) is 0.778. The van der Waals surface area contributed by atoms with Gasteiger partial charge >= 0.3 is 0 Å². The van der Waals surface area contributed by atoms with Gasteiger partial charge in [-0.1, -0.05) is 17.8 Å². The maximum absolute atomic E-state index is 12.8. The first kappa shape index (κ1) is 18.8. The Labute approximate surface area is 163 Å². The molecule has 8 nitrogen and oxygen atoms in total. The van der Waals surface area contributed by atoms with Crippen molar-refractivity contribution in [2.24, 2.45) is 5.92 Å². The average molecular weight is 394 g/mol. The molecule has 0 aromatic carbocycles. The van der Waals surface area contributed by atoms with E-state index in [2.05, 4.69) is 15.1 Å². The van der Waals surface area contributed by atoms with Gasteiger partial charge in [0.2, 0.25) is 16.9 Å². The van der Waals surface area contributed by atoms with Gasteiger partial charge in [-0.05, 0) is 32.9 Å². The number of aromatic nitrogens is 2. The number of hydrogen-bond donors (Lipinski definition) is 0. The Balaban J connectivity index is 1.30. The van der Waals surface area contributed by atoms with E-state index in [1.54, 1.807) is 4.90 Å². The second-order valence-corrected chi connectivity index (χ2v) is 8.56. The molecule has 0 bridgehead atoms. The summed E-state index contributed by atoms with van der Waals surface area (Å²) in [6.07, 6.45) is 4.13. The van der Waals surface area contributed by atoms with E-state index in [1.165, 1.54) is 30.6 Å². The van der Waals surface area contributed by atoms with Crippen LogP contribution in [0.15, 0.2) is 0 Å². The molecule has 9 heteroatoms. The van der Waals surface area contributed by atoms with Gasteiger partial charge in [-0.15, -0.1) is 10.2 Å². The summed E-state index contributed by atoms with van der Waals surface area (Å²) in [5.41, 5.74) is 0. The zero-order valence-corrected chi connectivity index (χ0v) is 16.6. The number of piperidine rings is 1. The lowest BCUT2D eigenvalue weighted by Crippen LogP contribution is -2.62. The van der Waals surface area contributed by atoms with Crippen molar-refractivity contribution in [1.29, 1.82) is 0 Å². The van der Waals surface area contributed by atoms with Crippen LogP contribution in [-0.4, -0.2) is 77.2 Å². The molecule has 4 heterocycles. The zero-order chi connectivity index (χ0) is 18.8.